The van der Waals surface area contributed by atoms with Gasteiger partial charge in [-0.15, -0.1) is 0 Å². The molecule has 0 spiro atoms. The molecule has 1 rings (SSSR count). The Bertz CT molecular complexity index is 540. The summed E-state index contributed by atoms with van der Waals surface area (Å²) in [5.74, 6) is 0.361. The van der Waals surface area contributed by atoms with E-state index in [9.17, 15) is 8.42 Å². The van der Waals surface area contributed by atoms with E-state index >= 15 is 0 Å². The van der Waals surface area contributed by atoms with E-state index in [1.54, 1.807) is 19.1 Å². The van der Waals surface area contributed by atoms with E-state index in [-0.39, 0.29) is 4.90 Å². The molecule has 108 valence electrons. The van der Waals surface area contributed by atoms with Gasteiger partial charge >= 0.3 is 0 Å². The van der Waals surface area contributed by atoms with Crippen LogP contribution in [0.2, 0.25) is 0 Å². The maximum atomic E-state index is 12.3. The molecule has 0 saturated carbocycles. The summed E-state index contributed by atoms with van der Waals surface area (Å²) in [6.45, 7) is 6.30. The van der Waals surface area contributed by atoms with Crippen LogP contribution in [0.3, 0.4) is 0 Å². The van der Waals surface area contributed by atoms with Gasteiger partial charge in [0.15, 0.2) is 0 Å². The molecule has 0 saturated heterocycles. The van der Waals surface area contributed by atoms with Crippen LogP contribution < -0.4 is 10.5 Å². The van der Waals surface area contributed by atoms with Crippen LogP contribution in [-0.2, 0) is 10.0 Å². The van der Waals surface area contributed by atoms with E-state index in [1.807, 2.05) is 0 Å². The Morgan fingerprint density at radius 2 is 1.89 bits per heavy atom. The van der Waals surface area contributed by atoms with Crippen molar-refractivity contribution in [1.29, 1.82) is 0 Å². The third kappa shape index (κ3) is 4.19. The highest BCUT2D eigenvalue weighted by Gasteiger charge is 2.19. The normalized spacial score (nSPS) is 12.1. The summed E-state index contributed by atoms with van der Waals surface area (Å²) in [4.78, 5) is 0.241. The Labute approximate surface area is 124 Å². The Hall–Kier alpha value is -0.590. The van der Waals surface area contributed by atoms with Crippen molar-refractivity contribution in [2.24, 2.45) is 5.92 Å². The highest BCUT2D eigenvalue weighted by atomic mass is 79.9. The van der Waals surface area contributed by atoms with E-state index < -0.39 is 10.0 Å². The maximum Gasteiger partial charge on any atom is 0.240 e. The van der Waals surface area contributed by atoms with Gasteiger partial charge in [-0.05, 0) is 30.5 Å². The first-order chi connectivity index (χ1) is 8.81. The lowest BCUT2D eigenvalue weighted by Crippen LogP contribution is -2.29. The molecule has 0 unspecified atom stereocenters. The molecule has 0 fully saturated rings. The van der Waals surface area contributed by atoms with E-state index in [0.29, 0.717) is 28.2 Å². The number of nitrogens with one attached hydrogen (secondary N) is 1. The minimum atomic E-state index is -3.51. The SMILES string of the molecule is CCC(CC)CNS(=O)(=O)c1cc(Br)cc(N)c1C. The van der Waals surface area contributed by atoms with Crippen molar-refractivity contribution in [3.8, 4) is 0 Å². The van der Waals surface area contributed by atoms with Crippen molar-refractivity contribution < 1.29 is 8.42 Å². The quantitative estimate of drug-likeness (QED) is 0.776. The predicted octanol–water partition coefficient (Wildman–Crippen LogP) is 3.05. The standard InChI is InChI=1S/C13H21BrN2O2S/c1-4-10(5-2)8-16-19(17,18)13-7-11(14)6-12(15)9(13)3/h6-7,10,16H,4-5,8,15H2,1-3H3. The van der Waals surface area contributed by atoms with Crippen LogP contribution in [0.25, 0.3) is 0 Å². The lowest BCUT2D eigenvalue weighted by atomic mass is 10.0. The zero-order chi connectivity index (χ0) is 14.6. The summed E-state index contributed by atoms with van der Waals surface area (Å²) in [6, 6.07) is 3.29. The minimum Gasteiger partial charge on any atom is -0.398 e. The number of rotatable bonds is 6. The van der Waals surface area contributed by atoms with E-state index in [2.05, 4.69) is 34.5 Å². The van der Waals surface area contributed by atoms with Crippen LogP contribution in [-0.4, -0.2) is 15.0 Å². The van der Waals surface area contributed by atoms with Crippen LogP contribution in [0.1, 0.15) is 32.3 Å². The maximum absolute atomic E-state index is 12.3. The molecule has 0 aliphatic heterocycles. The van der Waals surface area contributed by atoms with Crippen LogP contribution >= 0.6 is 15.9 Å². The molecule has 0 atom stereocenters. The summed E-state index contributed by atoms with van der Waals surface area (Å²) in [5, 5.41) is 0. The molecule has 0 aliphatic carbocycles. The van der Waals surface area contributed by atoms with Gasteiger partial charge in [0.05, 0.1) is 4.90 Å². The first kappa shape index (κ1) is 16.5. The van der Waals surface area contributed by atoms with Crippen molar-refractivity contribution in [3.63, 3.8) is 0 Å². The van der Waals surface area contributed by atoms with Gasteiger partial charge in [0.1, 0.15) is 0 Å². The highest BCUT2D eigenvalue weighted by Crippen LogP contribution is 2.26. The average Bonchev–Trinajstić information content (AvgIpc) is 2.34. The molecule has 1 aromatic rings. The molecule has 0 aromatic heterocycles. The fourth-order valence-corrected chi connectivity index (χ4v) is 3.88. The van der Waals surface area contributed by atoms with Crippen LogP contribution in [0.15, 0.2) is 21.5 Å². The third-order valence-corrected chi connectivity index (χ3v) is 5.38. The summed E-state index contributed by atoms with van der Waals surface area (Å²) in [5.41, 5.74) is 6.86. The molecular formula is C13H21BrN2O2S. The zero-order valence-corrected chi connectivity index (χ0v) is 13.9. The van der Waals surface area contributed by atoms with Gasteiger partial charge < -0.3 is 5.73 Å². The molecular weight excluding hydrogens is 328 g/mol. The Kier molecular flexibility index (Phi) is 5.82. The Morgan fingerprint density at radius 3 is 2.42 bits per heavy atom. The fraction of sp³-hybridized carbons (Fsp3) is 0.538. The van der Waals surface area contributed by atoms with Gasteiger partial charge in [-0.25, -0.2) is 13.1 Å². The molecule has 1 aromatic carbocycles. The van der Waals surface area contributed by atoms with E-state index in [4.69, 9.17) is 5.73 Å². The monoisotopic (exact) mass is 348 g/mol. The molecule has 19 heavy (non-hydrogen) atoms. The predicted molar refractivity (Wildman–Crippen MR) is 82.6 cm³/mol. The highest BCUT2D eigenvalue weighted by molar-refractivity contribution is 9.10. The van der Waals surface area contributed by atoms with Crippen molar-refractivity contribution in [3.05, 3.63) is 22.2 Å². The third-order valence-electron chi connectivity index (χ3n) is 3.37. The van der Waals surface area contributed by atoms with Crippen LogP contribution in [0, 0.1) is 12.8 Å². The number of hydrogen-bond acceptors (Lipinski definition) is 3. The number of sulfonamides is 1. The lowest BCUT2D eigenvalue weighted by Gasteiger charge is -2.15. The van der Waals surface area contributed by atoms with Gasteiger partial charge in [-0.3, -0.25) is 0 Å². The summed E-state index contributed by atoms with van der Waals surface area (Å²) in [7, 11) is -3.51. The van der Waals surface area contributed by atoms with Crippen LogP contribution in [0.5, 0.6) is 0 Å². The molecule has 0 radical (unpaired) electrons. The number of halogens is 1. The number of nitrogen functional groups attached to an aromatic ring is 1. The molecule has 4 nitrogen and oxygen atoms in total. The van der Waals surface area contributed by atoms with Gasteiger partial charge in [0.2, 0.25) is 10.0 Å². The molecule has 0 bridgehead atoms. The van der Waals surface area contributed by atoms with Gasteiger partial charge in [-0.1, -0.05) is 42.6 Å². The second kappa shape index (κ2) is 6.72. The Balaban J connectivity index is 3.01. The fourth-order valence-electron chi connectivity index (χ4n) is 1.84. The van der Waals surface area contributed by atoms with E-state index in [0.717, 1.165) is 12.8 Å². The number of nitrogens with two attached hydrogens (primary N) is 1. The Morgan fingerprint density at radius 1 is 1.32 bits per heavy atom. The van der Waals surface area contributed by atoms with Crippen molar-refractivity contribution in [2.45, 2.75) is 38.5 Å². The summed E-state index contributed by atoms with van der Waals surface area (Å²) >= 11 is 3.27. The number of hydrogen-bond donors (Lipinski definition) is 2. The molecule has 0 amide bonds. The van der Waals surface area contributed by atoms with E-state index in [1.165, 1.54) is 0 Å². The molecule has 0 heterocycles. The number of anilines is 1. The van der Waals surface area contributed by atoms with Gasteiger partial charge in [0.25, 0.3) is 0 Å². The van der Waals surface area contributed by atoms with Crippen molar-refractivity contribution >= 4 is 31.6 Å². The molecule has 3 N–H and O–H groups in total. The molecule has 6 heteroatoms. The number of benzene rings is 1. The second-order valence-electron chi connectivity index (χ2n) is 4.65. The first-order valence-electron chi connectivity index (χ1n) is 6.37. The van der Waals surface area contributed by atoms with Crippen LogP contribution in [0.4, 0.5) is 5.69 Å². The average molecular weight is 349 g/mol. The largest absolute Gasteiger partial charge is 0.398 e. The summed E-state index contributed by atoms with van der Waals surface area (Å²) < 4.78 is 27.9. The van der Waals surface area contributed by atoms with Gasteiger partial charge in [-0.2, -0.15) is 0 Å². The first-order valence-corrected chi connectivity index (χ1v) is 8.64. The smallest absolute Gasteiger partial charge is 0.240 e. The van der Waals surface area contributed by atoms with Crippen molar-refractivity contribution in [1.82, 2.24) is 4.72 Å². The second-order valence-corrected chi connectivity index (χ2v) is 7.30. The minimum absolute atomic E-state index is 0.241. The summed E-state index contributed by atoms with van der Waals surface area (Å²) in [6.07, 6.45) is 1.91. The van der Waals surface area contributed by atoms with Crippen molar-refractivity contribution in [2.75, 3.05) is 12.3 Å². The molecule has 0 aliphatic rings. The van der Waals surface area contributed by atoms with Gasteiger partial charge in [0, 0.05) is 16.7 Å². The zero-order valence-electron chi connectivity index (χ0n) is 11.5. The lowest BCUT2D eigenvalue weighted by molar-refractivity contribution is 0.479. The topological polar surface area (TPSA) is 72.2 Å².